The third-order valence-corrected chi connectivity index (χ3v) is 4.64. The number of nitrogens with zero attached hydrogens (tertiary/aromatic N) is 4. The highest BCUT2D eigenvalue weighted by atomic mass is 16.5. The molecule has 7 nitrogen and oxygen atoms in total. The molecule has 128 valence electrons. The van der Waals surface area contributed by atoms with Gasteiger partial charge >= 0.3 is 0 Å². The van der Waals surface area contributed by atoms with Crippen molar-refractivity contribution in [1.82, 2.24) is 19.8 Å². The van der Waals surface area contributed by atoms with Crippen molar-refractivity contribution in [2.24, 2.45) is 0 Å². The Hall–Kier alpha value is -2.80. The number of carbonyl (C=O) groups is 2. The molecule has 2 aliphatic rings. The van der Waals surface area contributed by atoms with Crippen LogP contribution >= 0.6 is 0 Å². The number of ether oxygens (including phenoxy) is 1. The zero-order valence-corrected chi connectivity index (χ0v) is 13.6. The first kappa shape index (κ1) is 15.7. The third kappa shape index (κ3) is 3.10. The first-order chi connectivity index (χ1) is 12.2. The molecule has 2 aliphatic heterocycles. The number of carbonyl (C=O) groups excluding carboxylic acids is 2. The molecule has 0 bridgehead atoms. The van der Waals surface area contributed by atoms with Gasteiger partial charge in [0, 0.05) is 32.0 Å². The number of amides is 2. The fourth-order valence-electron chi connectivity index (χ4n) is 3.39. The van der Waals surface area contributed by atoms with Gasteiger partial charge in [0.25, 0.3) is 5.91 Å². The van der Waals surface area contributed by atoms with Crippen LogP contribution in [0.2, 0.25) is 0 Å². The van der Waals surface area contributed by atoms with Crippen molar-refractivity contribution in [3.05, 3.63) is 60.2 Å². The second-order valence-electron chi connectivity index (χ2n) is 6.22. The van der Waals surface area contributed by atoms with Gasteiger partial charge < -0.3 is 14.5 Å². The van der Waals surface area contributed by atoms with Gasteiger partial charge in [-0.2, -0.15) is 0 Å². The Morgan fingerprint density at radius 3 is 2.80 bits per heavy atom. The van der Waals surface area contributed by atoms with Gasteiger partial charge in [-0.15, -0.1) is 0 Å². The van der Waals surface area contributed by atoms with E-state index in [1.165, 1.54) is 18.6 Å². The molecule has 2 saturated heterocycles. The summed E-state index contributed by atoms with van der Waals surface area (Å²) < 4.78 is 5.68. The number of rotatable bonds is 3. The standard InChI is InChI=1S/C18H18N4O3/c23-17-12-25-16-11-21(18(24)14-8-19-6-7-20-14)10-15(16)22(17)9-13-4-2-1-3-5-13/h1-8,15-16H,9-12H2. The van der Waals surface area contributed by atoms with Crippen LogP contribution in [-0.4, -0.2) is 63.4 Å². The minimum atomic E-state index is -0.182. The second kappa shape index (κ2) is 6.60. The van der Waals surface area contributed by atoms with Crippen molar-refractivity contribution in [2.75, 3.05) is 19.7 Å². The van der Waals surface area contributed by atoms with Crippen LogP contribution in [0.3, 0.4) is 0 Å². The molecule has 4 rings (SSSR count). The normalized spacial score (nSPS) is 22.8. The monoisotopic (exact) mass is 338 g/mol. The van der Waals surface area contributed by atoms with Crippen LogP contribution in [0.25, 0.3) is 0 Å². The number of morpholine rings is 1. The summed E-state index contributed by atoms with van der Waals surface area (Å²) in [4.78, 5) is 36.5. The van der Waals surface area contributed by atoms with Crippen molar-refractivity contribution >= 4 is 11.8 Å². The predicted octanol–water partition coefficient (Wildman–Crippen LogP) is 0.729. The molecule has 0 aliphatic carbocycles. The van der Waals surface area contributed by atoms with Gasteiger partial charge in [0.2, 0.25) is 5.91 Å². The summed E-state index contributed by atoms with van der Waals surface area (Å²) in [6.45, 7) is 1.48. The number of likely N-dealkylation sites (tertiary alicyclic amines) is 1. The number of aromatic nitrogens is 2. The van der Waals surface area contributed by atoms with Gasteiger partial charge in [-0.25, -0.2) is 4.98 Å². The van der Waals surface area contributed by atoms with Crippen molar-refractivity contribution in [3.63, 3.8) is 0 Å². The lowest BCUT2D eigenvalue weighted by atomic mass is 10.1. The van der Waals surface area contributed by atoms with Crippen LogP contribution in [0, 0.1) is 0 Å². The molecule has 25 heavy (non-hydrogen) atoms. The third-order valence-electron chi connectivity index (χ3n) is 4.64. The van der Waals surface area contributed by atoms with E-state index < -0.39 is 0 Å². The average Bonchev–Trinajstić information content (AvgIpc) is 3.10. The molecule has 2 atom stereocenters. The molecule has 1 aromatic carbocycles. The molecule has 2 amide bonds. The summed E-state index contributed by atoms with van der Waals surface area (Å²) in [6, 6.07) is 9.71. The van der Waals surface area contributed by atoms with Gasteiger partial charge in [0.05, 0.1) is 18.3 Å². The Labute approximate surface area is 145 Å². The molecule has 1 aromatic heterocycles. The van der Waals surface area contributed by atoms with Gasteiger partial charge in [0.15, 0.2) is 0 Å². The molecule has 0 N–H and O–H groups in total. The van der Waals surface area contributed by atoms with Crippen molar-refractivity contribution in [3.8, 4) is 0 Å². The topological polar surface area (TPSA) is 75.6 Å². The van der Waals surface area contributed by atoms with Crippen LogP contribution in [0.5, 0.6) is 0 Å². The molecule has 0 spiro atoms. The van der Waals surface area contributed by atoms with E-state index >= 15 is 0 Å². The first-order valence-corrected chi connectivity index (χ1v) is 8.22. The molecule has 3 heterocycles. The summed E-state index contributed by atoms with van der Waals surface area (Å²) in [5.41, 5.74) is 1.37. The van der Waals surface area contributed by atoms with Crippen molar-refractivity contribution in [1.29, 1.82) is 0 Å². The van der Waals surface area contributed by atoms with E-state index in [9.17, 15) is 9.59 Å². The highest BCUT2D eigenvalue weighted by Crippen LogP contribution is 2.26. The largest absolute Gasteiger partial charge is 0.364 e. The summed E-state index contributed by atoms with van der Waals surface area (Å²) >= 11 is 0. The Kier molecular flexibility index (Phi) is 4.15. The number of hydrogen-bond acceptors (Lipinski definition) is 5. The number of fused-ring (bicyclic) bond motifs is 1. The van der Waals surface area contributed by atoms with Crippen LogP contribution in [-0.2, 0) is 16.1 Å². The lowest BCUT2D eigenvalue weighted by Gasteiger charge is -2.36. The maximum atomic E-state index is 12.6. The summed E-state index contributed by atoms with van der Waals surface area (Å²) in [5, 5.41) is 0. The molecule has 2 fully saturated rings. The molecule has 7 heteroatoms. The zero-order chi connectivity index (χ0) is 17.2. The maximum Gasteiger partial charge on any atom is 0.274 e. The minimum absolute atomic E-state index is 0.0427. The molecule has 2 aromatic rings. The van der Waals surface area contributed by atoms with E-state index in [-0.39, 0.29) is 30.6 Å². The number of hydrogen-bond donors (Lipinski definition) is 0. The molecular weight excluding hydrogens is 320 g/mol. The summed E-state index contributed by atoms with van der Waals surface area (Å²) in [7, 11) is 0. The maximum absolute atomic E-state index is 12.6. The van der Waals surface area contributed by atoms with Crippen molar-refractivity contribution < 1.29 is 14.3 Å². The average molecular weight is 338 g/mol. The minimum Gasteiger partial charge on any atom is -0.364 e. The van der Waals surface area contributed by atoms with E-state index in [2.05, 4.69) is 9.97 Å². The highest BCUT2D eigenvalue weighted by Gasteiger charge is 2.44. The van der Waals surface area contributed by atoms with E-state index in [1.807, 2.05) is 35.2 Å². The van der Waals surface area contributed by atoms with E-state index in [4.69, 9.17) is 4.74 Å². The van der Waals surface area contributed by atoms with Crippen LogP contribution in [0.4, 0.5) is 0 Å². The summed E-state index contributed by atoms with van der Waals surface area (Å²) in [5.74, 6) is -0.225. The predicted molar refractivity (Wildman–Crippen MR) is 88.5 cm³/mol. The Balaban J connectivity index is 1.52. The van der Waals surface area contributed by atoms with Gasteiger partial charge in [0.1, 0.15) is 12.3 Å². The first-order valence-electron chi connectivity index (χ1n) is 8.22. The lowest BCUT2D eigenvalue weighted by Crippen LogP contribution is -2.53. The fraction of sp³-hybridized carbons (Fsp3) is 0.333. The molecule has 0 saturated carbocycles. The molecule has 0 radical (unpaired) electrons. The zero-order valence-electron chi connectivity index (χ0n) is 13.6. The highest BCUT2D eigenvalue weighted by molar-refractivity contribution is 5.92. The van der Waals surface area contributed by atoms with E-state index in [0.29, 0.717) is 25.3 Å². The summed E-state index contributed by atoms with van der Waals surface area (Å²) in [6.07, 6.45) is 4.32. The van der Waals surface area contributed by atoms with Crippen LogP contribution < -0.4 is 0 Å². The van der Waals surface area contributed by atoms with E-state index in [1.54, 1.807) is 4.90 Å². The Morgan fingerprint density at radius 2 is 2.04 bits per heavy atom. The van der Waals surface area contributed by atoms with Gasteiger partial charge in [-0.05, 0) is 5.56 Å². The Morgan fingerprint density at radius 1 is 1.20 bits per heavy atom. The SMILES string of the molecule is O=C(c1cnccn1)N1CC2OCC(=O)N(Cc3ccccc3)C2C1. The van der Waals surface area contributed by atoms with Gasteiger partial charge in [-0.1, -0.05) is 30.3 Å². The number of benzene rings is 1. The van der Waals surface area contributed by atoms with E-state index in [0.717, 1.165) is 5.56 Å². The smallest absolute Gasteiger partial charge is 0.274 e. The fourth-order valence-corrected chi connectivity index (χ4v) is 3.39. The van der Waals surface area contributed by atoms with Crippen molar-refractivity contribution in [2.45, 2.75) is 18.7 Å². The van der Waals surface area contributed by atoms with Crippen LogP contribution in [0.1, 0.15) is 16.1 Å². The molecule has 2 unspecified atom stereocenters. The molecular formula is C18H18N4O3. The van der Waals surface area contributed by atoms with Crippen LogP contribution in [0.15, 0.2) is 48.9 Å². The lowest BCUT2D eigenvalue weighted by molar-refractivity contribution is -0.153. The quantitative estimate of drug-likeness (QED) is 0.825. The Bertz CT molecular complexity index is 768. The van der Waals surface area contributed by atoms with Gasteiger partial charge in [-0.3, -0.25) is 14.6 Å². The second-order valence-corrected chi connectivity index (χ2v) is 6.22.